The average molecular weight is 286 g/mol. The van der Waals surface area contributed by atoms with Crippen molar-refractivity contribution in [2.24, 2.45) is 0 Å². The largest absolute Gasteiger partial charge is 0.481 e. The molecular weight excluding hydrogens is 270 g/mol. The maximum absolute atomic E-state index is 11.0. The van der Waals surface area contributed by atoms with E-state index >= 15 is 0 Å². The van der Waals surface area contributed by atoms with Gasteiger partial charge in [0.05, 0.1) is 6.42 Å². The summed E-state index contributed by atoms with van der Waals surface area (Å²) in [6.45, 7) is 0.146. The molecule has 5 nitrogen and oxygen atoms in total. The van der Waals surface area contributed by atoms with E-state index < -0.39 is 18.0 Å². The lowest BCUT2D eigenvalue weighted by molar-refractivity contribution is -0.141. The van der Waals surface area contributed by atoms with Crippen LogP contribution in [0.5, 0.6) is 0 Å². The summed E-state index contributed by atoms with van der Waals surface area (Å²) >= 11 is 5.76. The molecule has 1 aromatic carbocycles. The van der Waals surface area contributed by atoms with Crippen LogP contribution in [0, 0.1) is 0 Å². The van der Waals surface area contributed by atoms with Gasteiger partial charge >= 0.3 is 11.9 Å². The molecule has 6 heteroatoms. The van der Waals surface area contributed by atoms with Gasteiger partial charge in [-0.05, 0) is 30.5 Å². The van der Waals surface area contributed by atoms with Gasteiger partial charge in [0.15, 0.2) is 0 Å². The van der Waals surface area contributed by atoms with Gasteiger partial charge in [-0.1, -0.05) is 23.7 Å². The van der Waals surface area contributed by atoms with Crippen molar-refractivity contribution in [3.05, 3.63) is 34.9 Å². The van der Waals surface area contributed by atoms with E-state index in [-0.39, 0.29) is 13.0 Å². The van der Waals surface area contributed by atoms with Gasteiger partial charge in [0.25, 0.3) is 0 Å². The molecule has 0 radical (unpaired) electrons. The number of halogens is 1. The Balaban J connectivity index is 2.43. The Morgan fingerprint density at radius 3 is 2.37 bits per heavy atom. The van der Waals surface area contributed by atoms with Gasteiger partial charge in [-0.25, -0.2) is 0 Å². The summed E-state index contributed by atoms with van der Waals surface area (Å²) < 4.78 is 0. The smallest absolute Gasteiger partial charge is 0.320 e. The highest BCUT2D eigenvalue weighted by Crippen LogP contribution is 2.11. The summed E-state index contributed by atoms with van der Waals surface area (Å²) in [5.74, 6) is -1.92. The number of carboxylic acids is 2. The molecule has 1 rings (SSSR count). The van der Waals surface area contributed by atoms with E-state index in [0.717, 1.165) is 5.56 Å². The fourth-order valence-electron chi connectivity index (χ4n) is 1.63. The maximum Gasteiger partial charge on any atom is 0.320 e. The number of carbonyl (C=O) groups is 2. The van der Waals surface area contributed by atoms with Crippen molar-refractivity contribution in [3.8, 4) is 0 Å². The molecule has 0 saturated heterocycles. The van der Waals surface area contributed by atoms with E-state index in [2.05, 4.69) is 5.32 Å². The molecule has 0 unspecified atom stereocenters. The lowest BCUT2D eigenvalue weighted by Crippen LogP contribution is -2.38. The highest BCUT2D eigenvalue weighted by atomic mass is 35.5. The van der Waals surface area contributed by atoms with Crippen LogP contribution in [0.4, 0.5) is 0 Å². The van der Waals surface area contributed by atoms with Crippen molar-refractivity contribution in [1.82, 2.24) is 5.32 Å². The quantitative estimate of drug-likeness (QED) is 0.678. The van der Waals surface area contributed by atoms with E-state index in [1.165, 1.54) is 0 Å². The molecule has 0 amide bonds. The average Bonchev–Trinajstić information content (AvgIpc) is 2.34. The molecule has 0 aromatic heterocycles. The summed E-state index contributed by atoms with van der Waals surface area (Å²) in [4.78, 5) is 21.4. The van der Waals surface area contributed by atoms with Crippen LogP contribution in [0.25, 0.3) is 0 Å². The molecule has 0 aliphatic rings. The minimum atomic E-state index is -0.973. The first-order valence-electron chi connectivity index (χ1n) is 5.91. The Hall–Kier alpha value is -1.59. The third-order valence-corrected chi connectivity index (χ3v) is 2.91. The number of hydrogen-bond acceptors (Lipinski definition) is 3. The Morgan fingerprint density at radius 2 is 1.84 bits per heavy atom. The topological polar surface area (TPSA) is 86.6 Å². The van der Waals surface area contributed by atoms with Crippen LogP contribution in [0.3, 0.4) is 0 Å². The molecule has 0 aliphatic carbocycles. The van der Waals surface area contributed by atoms with Crippen LogP contribution in [-0.4, -0.2) is 34.7 Å². The Labute approximate surface area is 116 Å². The molecule has 0 bridgehead atoms. The van der Waals surface area contributed by atoms with Crippen molar-refractivity contribution in [2.75, 3.05) is 6.54 Å². The van der Waals surface area contributed by atoms with E-state index in [1.54, 1.807) is 12.1 Å². The Kier molecular flexibility index (Phi) is 6.32. The van der Waals surface area contributed by atoms with Crippen LogP contribution in [0.15, 0.2) is 24.3 Å². The summed E-state index contributed by atoms with van der Waals surface area (Å²) in [5.41, 5.74) is 0.996. The van der Waals surface area contributed by atoms with E-state index in [9.17, 15) is 9.59 Å². The second kappa shape index (κ2) is 7.76. The summed E-state index contributed by atoms with van der Waals surface area (Å²) in [6, 6.07) is 6.46. The molecular formula is C13H16ClNO4. The van der Waals surface area contributed by atoms with E-state index in [4.69, 9.17) is 21.8 Å². The second-order valence-corrected chi connectivity index (χ2v) is 4.59. The number of benzene rings is 1. The lowest BCUT2D eigenvalue weighted by Gasteiger charge is -2.13. The number of rotatable bonds is 8. The zero-order valence-corrected chi connectivity index (χ0v) is 11.1. The van der Waals surface area contributed by atoms with Gasteiger partial charge in [-0.2, -0.15) is 0 Å². The maximum atomic E-state index is 11.0. The van der Waals surface area contributed by atoms with Gasteiger partial charge in [0.2, 0.25) is 0 Å². The van der Waals surface area contributed by atoms with Gasteiger partial charge < -0.3 is 15.5 Å². The third-order valence-electron chi connectivity index (χ3n) is 2.66. The predicted molar refractivity (Wildman–Crippen MR) is 71.5 cm³/mol. The Bertz CT molecular complexity index is 433. The van der Waals surface area contributed by atoms with Gasteiger partial charge in [0, 0.05) is 11.6 Å². The summed E-state index contributed by atoms with van der Waals surface area (Å²) in [5, 5.41) is 20.9. The number of hydrogen-bond donors (Lipinski definition) is 3. The summed E-state index contributed by atoms with van der Waals surface area (Å²) in [7, 11) is 0. The minimum Gasteiger partial charge on any atom is -0.481 e. The first-order valence-corrected chi connectivity index (χ1v) is 6.29. The van der Waals surface area contributed by atoms with Gasteiger partial charge in [0.1, 0.15) is 6.04 Å². The van der Waals surface area contributed by atoms with Crippen molar-refractivity contribution in [1.29, 1.82) is 0 Å². The van der Waals surface area contributed by atoms with Crippen LogP contribution in [0.1, 0.15) is 18.4 Å². The van der Waals surface area contributed by atoms with Gasteiger partial charge in [-0.3, -0.25) is 9.59 Å². The van der Waals surface area contributed by atoms with Crippen molar-refractivity contribution in [2.45, 2.75) is 25.3 Å². The molecule has 0 spiro atoms. The molecule has 3 N–H and O–H groups in total. The van der Waals surface area contributed by atoms with Crippen molar-refractivity contribution >= 4 is 23.5 Å². The molecule has 0 aliphatic heterocycles. The van der Waals surface area contributed by atoms with Gasteiger partial charge in [-0.15, -0.1) is 0 Å². The molecule has 0 heterocycles. The SMILES string of the molecule is O=C(O)CCN[C@H](CCc1ccc(Cl)cc1)C(=O)O. The standard InChI is InChI=1S/C13H16ClNO4/c14-10-4-1-9(2-5-10)3-6-11(13(18)19)15-8-7-12(16)17/h1-2,4-5,11,15H,3,6-8H2,(H,16,17)(H,18,19)/t11-/m1/s1. The van der Waals surface area contributed by atoms with Crippen LogP contribution in [-0.2, 0) is 16.0 Å². The molecule has 1 aromatic rings. The predicted octanol–water partition coefficient (Wildman–Crippen LogP) is 1.79. The first-order chi connectivity index (χ1) is 8.99. The molecule has 0 saturated carbocycles. The third kappa shape index (κ3) is 6.22. The highest BCUT2D eigenvalue weighted by molar-refractivity contribution is 6.30. The number of aliphatic carboxylic acids is 2. The fourth-order valence-corrected chi connectivity index (χ4v) is 1.75. The fraction of sp³-hybridized carbons (Fsp3) is 0.385. The van der Waals surface area contributed by atoms with E-state index in [0.29, 0.717) is 17.9 Å². The number of aryl methyl sites for hydroxylation is 1. The lowest BCUT2D eigenvalue weighted by atomic mass is 10.1. The monoisotopic (exact) mass is 285 g/mol. The molecule has 19 heavy (non-hydrogen) atoms. The number of nitrogens with one attached hydrogen (secondary N) is 1. The van der Waals surface area contributed by atoms with Crippen LogP contribution >= 0.6 is 11.6 Å². The zero-order valence-electron chi connectivity index (χ0n) is 10.3. The zero-order chi connectivity index (χ0) is 14.3. The van der Waals surface area contributed by atoms with E-state index in [1.807, 2.05) is 12.1 Å². The van der Waals surface area contributed by atoms with Crippen LogP contribution < -0.4 is 5.32 Å². The first kappa shape index (κ1) is 15.5. The second-order valence-electron chi connectivity index (χ2n) is 4.15. The normalized spacial score (nSPS) is 12.1. The molecule has 1 atom stereocenters. The molecule has 0 fully saturated rings. The minimum absolute atomic E-state index is 0.0925. The van der Waals surface area contributed by atoms with Crippen molar-refractivity contribution in [3.63, 3.8) is 0 Å². The Morgan fingerprint density at radius 1 is 1.21 bits per heavy atom. The summed E-state index contributed by atoms with van der Waals surface area (Å²) in [6.07, 6.45) is 0.898. The molecule has 104 valence electrons. The van der Waals surface area contributed by atoms with Crippen LogP contribution in [0.2, 0.25) is 5.02 Å². The highest BCUT2D eigenvalue weighted by Gasteiger charge is 2.16. The number of carboxylic acid groups (broad SMARTS) is 2. The van der Waals surface area contributed by atoms with Crippen molar-refractivity contribution < 1.29 is 19.8 Å².